The molecular formula is C12H20N2O5. The van der Waals surface area contributed by atoms with Gasteiger partial charge in [0.25, 0.3) is 5.91 Å². The predicted octanol–water partition coefficient (Wildman–Crippen LogP) is 0.331. The van der Waals surface area contributed by atoms with Crippen LogP contribution in [0.5, 0.6) is 0 Å². The Balaban J connectivity index is 2.35. The minimum absolute atomic E-state index is 0.0856. The van der Waals surface area contributed by atoms with Gasteiger partial charge in [0.15, 0.2) is 12.2 Å². The van der Waals surface area contributed by atoms with Crippen LogP contribution in [0.25, 0.3) is 0 Å². The first-order chi connectivity index (χ1) is 8.90. The molecule has 0 aromatic rings. The summed E-state index contributed by atoms with van der Waals surface area (Å²) in [5.74, 6) is -1.23. The molecule has 7 heteroatoms. The van der Waals surface area contributed by atoms with Gasteiger partial charge in [0.05, 0.1) is 0 Å². The fourth-order valence-corrected chi connectivity index (χ4v) is 1.58. The summed E-state index contributed by atoms with van der Waals surface area (Å²) in [5.41, 5.74) is 0. The number of esters is 1. The van der Waals surface area contributed by atoms with Gasteiger partial charge in [-0.25, -0.2) is 9.59 Å². The number of amides is 3. The Morgan fingerprint density at radius 3 is 2.47 bits per heavy atom. The minimum Gasteiger partial charge on any atom is -0.451 e. The van der Waals surface area contributed by atoms with Gasteiger partial charge in [0, 0.05) is 12.6 Å². The summed E-state index contributed by atoms with van der Waals surface area (Å²) in [4.78, 5) is 34.5. The van der Waals surface area contributed by atoms with Crippen molar-refractivity contribution in [2.75, 3.05) is 6.61 Å². The van der Waals surface area contributed by atoms with Gasteiger partial charge in [-0.1, -0.05) is 0 Å². The highest BCUT2D eigenvalue weighted by atomic mass is 16.6. The fourth-order valence-electron chi connectivity index (χ4n) is 1.58. The van der Waals surface area contributed by atoms with Crippen molar-refractivity contribution in [3.8, 4) is 0 Å². The molecule has 108 valence electrons. The molecule has 0 aliphatic carbocycles. The van der Waals surface area contributed by atoms with E-state index < -0.39 is 30.1 Å². The Kier molecular flexibility index (Phi) is 5.75. The molecule has 0 spiro atoms. The van der Waals surface area contributed by atoms with Crippen LogP contribution in [0.2, 0.25) is 0 Å². The van der Waals surface area contributed by atoms with Gasteiger partial charge in [-0.2, -0.15) is 0 Å². The lowest BCUT2D eigenvalue weighted by molar-refractivity contribution is -0.163. The summed E-state index contributed by atoms with van der Waals surface area (Å²) in [6, 6.07) is -0.697. The molecule has 1 rings (SSSR count). The van der Waals surface area contributed by atoms with E-state index in [-0.39, 0.29) is 6.04 Å². The van der Waals surface area contributed by atoms with Crippen molar-refractivity contribution in [2.24, 2.45) is 0 Å². The van der Waals surface area contributed by atoms with Crippen LogP contribution in [-0.4, -0.2) is 42.8 Å². The van der Waals surface area contributed by atoms with Crippen molar-refractivity contribution in [3.63, 3.8) is 0 Å². The van der Waals surface area contributed by atoms with Crippen molar-refractivity contribution in [1.29, 1.82) is 0 Å². The number of nitrogens with one attached hydrogen (secondary N) is 2. The van der Waals surface area contributed by atoms with Gasteiger partial charge in [-0.15, -0.1) is 0 Å². The first kappa shape index (κ1) is 15.4. The van der Waals surface area contributed by atoms with Crippen molar-refractivity contribution < 1.29 is 23.9 Å². The van der Waals surface area contributed by atoms with E-state index >= 15 is 0 Å². The van der Waals surface area contributed by atoms with Gasteiger partial charge in [-0.05, 0) is 33.6 Å². The number of hydrogen-bond acceptors (Lipinski definition) is 5. The second-order valence-corrected chi connectivity index (χ2v) is 4.70. The van der Waals surface area contributed by atoms with Crippen molar-refractivity contribution in [3.05, 3.63) is 0 Å². The average molecular weight is 272 g/mol. The average Bonchev–Trinajstić information content (AvgIpc) is 2.80. The number of ether oxygens (including phenoxy) is 2. The zero-order valence-corrected chi connectivity index (χ0v) is 11.4. The lowest BCUT2D eigenvalue weighted by atomic mass is 10.2. The number of carbonyl (C=O) groups is 3. The first-order valence-corrected chi connectivity index (χ1v) is 6.33. The molecule has 0 radical (unpaired) electrons. The van der Waals surface area contributed by atoms with E-state index in [1.807, 2.05) is 0 Å². The molecular weight excluding hydrogens is 252 g/mol. The molecule has 2 atom stereocenters. The first-order valence-electron chi connectivity index (χ1n) is 6.33. The lowest BCUT2D eigenvalue weighted by Crippen LogP contribution is -2.47. The number of hydrogen-bond donors (Lipinski definition) is 2. The van der Waals surface area contributed by atoms with Crippen LogP contribution < -0.4 is 10.6 Å². The molecule has 0 saturated carbocycles. The van der Waals surface area contributed by atoms with E-state index in [0.29, 0.717) is 13.0 Å². The number of rotatable bonds is 4. The molecule has 2 N–H and O–H groups in total. The minimum atomic E-state index is -1.03. The fraction of sp³-hybridized carbons (Fsp3) is 0.750. The highest BCUT2D eigenvalue weighted by Gasteiger charge is 2.28. The summed E-state index contributed by atoms with van der Waals surface area (Å²) in [6.07, 6.45) is -0.229. The Labute approximate surface area is 112 Å². The van der Waals surface area contributed by atoms with Crippen LogP contribution in [0.4, 0.5) is 4.79 Å². The zero-order chi connectivity index (χ0) is 14.4. The number of carbonyl (C=O) groups excluding carboxylic acids is 3. The maximum Gasteiger partial charge on any atom is 0.336 e. The number of urea groups is 1. The van der Waals surface area contributed by atoms with E-state index in [0.717, 1.165) is 6.42 Å². The molecule has 1 heterocycles. The van der Waals surface area contributed by atoms with E-state index in [1.54, 1.807) is 13.8 Å². The monoisotopic (exact) mass is 272 g/mol. The SMILES string of the molecule is CC(C)NC(=O)NC(=O)[C@H](C)OC(=O)[C@@H]1CCCO1. The molecule has 0 unspecified atom stereocenters. The summed E-state index contributed by atoms with van der Waals surface area (Å²) >= 11 is 0. The lowest BCUT2D eigenvalue weighted by Gasteiger charge is -2.16. The topological polar surface area (TPSA) is 93.7 Å². The summed E-state index contributed by atoms with van der Waals surface area (Å²) < 4.78 is 10.1. The third-order valence-corrected chi connectivity index (χ3v) is 2.51. The van der Waals surface area contributed by atoms with Crippen molar-refractivity contribution >= 4 is 17.9 Å². The van der Waals surface area contributed by atoms with Crippen LogP contribution in [0.1, 0.15) is 33.6 Å². The zero-order valence-electron chi connectivity index (χ0n) is 11.4. The van der Waals surface area contributed by atoms with E-state index in [9.17, 15) is 14.4 Å². The molecule has 0 bridgehead atoms. The van der Waals surface area contributed by atoms with Gasteiger partial charge < -0.3 is 14.8 Å². The summed E-state index contributed by atoms with van der Waals surface area (Å²) in [7, 11) is 0. The molecule has 1 aliphatic rings. The summed E-state index contributed by atoms with van der Waals surface area (Å²) in [6.45, 7) is 5.47. The molecule has 0 aromatic heterocycles. The van der Waals surface area contributed by atoms with Gasteiger partial charge in [0.1, 0.15) is 0 Å². The third kappa shape index (κ3) is 5.25. The van der Waals surface area contributed by atoms with Crippen LogP contribution in [-0.2, 0) is 19.1 Å². The Morgan fingerprint density at radius 2 is 1.95 bits per heavy atom. The third-order valence-electron chi connectivity index (χ3n) is 2.51. The Bertz CT molecular complexity index is 350. The van der Waals surface area contributed by atoms with Crippen molar-refractivity contribution in [2.45, 2.75) is 51.9 Å². The van der Waals surface area contributed by atoms with Crippen LogP contribution in [0.3, 0.4) is 0 Å². The van der Waals surface area contributed by atoms with E-state index in [4.69, 9.17) is 9.47 Å². The predicted molar refractivity (Wildman–Crippen MR) is 66.3 cm³/mol. The largest absolute Gasteiger partial charge is 0.451 e. The molecule has 7 nitrogen and oxygen atoms in total. The Morgan fingerprint density at radius 1 is 1.26 bits per heavy atom. The van der Waals surface area contributed by atoms with Crippen LogP contribution >= 0.6 is 0 Å². The molecule has 0 aromatic carbocycles. The molecule has 19 heavy (non-hydrogen) atoms. The smallest absolute Gasteiger partial charge is 0.336 e. The second kappa shape index (κ2) is 7.08. The highest BCUT2D eigenvalue weighted by molar-refractivity contribution is 5.97. The normalized spacial score (nSPS) is 19.9. The second-order valence-electron chi connectivity index (χ2n) is 4.70. The van der Waals surface area contributed by atoms with E-state index in [1.165, 1.54) is 6.92 Å². The Hall–Kier alpha value is -1.63. The maximum absolute atomic E-state index is 11.6. The number of imide groups is 1. The molecule has 1 fully saturated rings. The van der Waals surface area contributed by atoms with Crippen LogP contribution in [0.15, 0.2) is 0 Å². The van der Waals surface area contributed by atoms with Gasteiger partial charge in [0.2, 0.25) is 0 Å². The molecule has 3 amide bonds. The van der Waals surface area contributed by atoms with Gasteiger partial charge >= 0.3 is 12.0 Å². The summed E-state index contributed by atoms with van der Waals surface area (Å²) in [5, 5.41) is 4.60. The van der Waals surface area contributed by atoms with E-state index in [2.05, 4.69) is 10.6 Å². The maximum atomic E-state index is 11.6. The standard InChI is InChI=1S/C12H20N2O5/c1-7(2)13-12(17)14-10(15)8(3)19-11(16)9-5-4-6-18-9/h7-9H,4-6H2,1-3H3,(H2,13,14,15,17)/t8-,9-/m0/s1. The van der Waals surface area contributed by atoms with Gasteiger partial charge in [-0.3, -0.25) is 10.1 Å². The quantitative estimate of drug-likeness (QED) is 0.719. The van der Waals surface area contributed by atoms with Crippen molar-refractivity contribution in [1.82, 2.24) is 10.6 Å². The van der Waals surface area contributed by atoms with Crippen LogP contribution in [0, 0.1) is 0 Å². The highest BCUT2D eigenvalue weighted by Crippen LogP contribution is 2.14. The molecule has 1 saturated heterocycles. The molecule has 1 aliphatic heterocycles.